The molecule has 0 spiro atoms. The van der Waals surface area contributed by atoms with Crippen LogP contribution in [-0.4, -0.2) is 112 Å². The first-order chi connectivity index (χ1) is 32.1. The zero-order valence-corrected chi connectivity index (χ0v) is 42.1. The highest BCUT2D eigenvalue weighted by molar-refractivity contribution is 9.10. The number of halogens is 2. The number of nitrogens with zero attached hydrogens (tertiary/aromatic N) is 12. The predicted octanol–water partition coefficient (Wildman–Crippen LogP) is 4.78. The first-order valence-electron chi connectivity index (χ1n) is 19.6. The smallest absolute Gasteiger partial charge is 0.325 e. The summed E-state index contributed by atoms with van der Waals surface area (Å²) in [6.45, 7) is 5.54. The van der Waals surface area contributed by atoms with Crippen LogP contribution in [0.25, 0.3) is 44.3 Å². The van der Waals surface area contributed by atoms with Gasteiger partial charge in [0.1, 0.15) is 46.9 Å². The van der Waals surface area contributed by atoms with Gasteiger partial charge in [0.25, 0.3) is 0 Å². The molecule has 0 aromatic carbocycles. The summed E-state index contributed by atoms with van der Waals surface area (Å²) in [5.41, 5.74) is 4.42. The number of aryl methyl sites for hydroxylation is 2. The topological polar surface area (TPSA) is 235 Å². The number of carboxylic acid groups (broad SMARTS) is 1. The Hall–Kier alpha value is -5.77. The van der Waals surface area contributed by atoms with Crippen LogP contribution in [0.2, 0.25) is 0 Å². The monoisotopic (exact) mass is 1080 g/mol. The number of aromatic nitrogens is 11. The number of hydrogen-bond donors (Lipinski definition) is 1. The summed E-state index contributed by atoms with van der Waals surface area (Å²) in [6.07, 6.45) is 8.20. The van der Waals surface area contributed by atoms with Gasteiger partial charge in [-0.3, -0.25) is 43.3 Å². The molecule has 18 nitrogen and oxygen atoms in total. The third kappa shape index (κ3) is 13.0. The molecule has 8 rings (SSSR count). The largest absolute Gasteiger partial charge is 0.480 e. The molecule has 2 atom stereocenters. The number of carbonyl (C=O) groups is 5. The van der Waals surface area contributed by atoms with Crippen LogP contribution in [0.4, 0.5) is 4.39 Å². The summed E-state index contributed by atoms with van der Waals surface area (Å²) in [5, 5.41) is 18.5. The van der Waals surface area contributed by atoms with E-state index in [0.717, 1.165) is 0 Å². The van der Waals surface area contributed by atoms with Crippen molar-refractivity contribution in [3.8, 4) is 22.5 Å². The maximum Gasteiger partial charge on any atom is 0.325 e. The number of Topliss-reactive ketones (excluding diaryl/α,β-unsaturated/α-hetero) is 3. The fourth-order valence-corrected chi connectivity index (χ4v) is 12.7. The van der Waals surface area contributed by atoms with Crippen molar-refractivity contribution < 1.29 is 33.5 Å². The van der Waals surface area contributed by atoms with Crippen molar-refractivity contribution in [3.63, 3.8) is 0 Å². The van der Waals surface area contributed by atoms with Crippen LogP contribution in [0.3, 0.4) is 0 Å². The maximum atomic E-state index is 14.4. The van der Waals surface area contributed by atoms with E-state index in [0.29, 0.717) is 66.3 Å². The molecule has 0 radical (unpaired) electrons. The third-order valence-electron chi connectivity index (χ3n) is 9.82. The van der Waals surface area contributed by atoms with E-state index in [1.165, 1.54) is 76.0 Å². The summed E-state index contributed by atoms with van der Waals surface area (Å²) in [6, 6.07) is 7.71. The van der Waals surface area contributed by atoms with Gasteiger partial charge < -0.3 is 10.0 Å². The molecule has 1 N–H and O–H groups in total. The van der Waals surface area contributed by atoms with Gasteiger partial charge in [-0.15, -0.1) is 0 Å². The minimum Gasteiger partial charge on any atom is -0.480 e. The molecule has 8 heterocycles. The van der Waals surface area contributed by atoms with Gasteiger partial charge in [0, 0.05) is 131 Å². The average molecular weight is 1080 g/mol. The number of aliphatic carboxylic acids is 1. The van der Waals surface area contributed by atoms with Gasteiger partial charge in [-0.25, -0.2) is 29.3 Å². The zero-order chi connectivity index (χ0) is 48.4. The van der Waals surface area contributed by atoms with Gasteiger partial charge >= 0.3 is 5.97 Å². The molecule has 67 heavy (non-hydrogen) atoms. The van der Waals surface area contributed by atoms with Gasteiger partial charge in [-0.2, -0.15) is 10.2 Å². The highest BCUT2D eigenvalue weighted by atomic mass is 79.9. The summed E-state index contributed by atoms with van der Waals surface area (Å²) >= 11 is 12.3. The number of amides is 1. The van der Waals surface area contributed by atoms with E-state index >= 15 is 0 Å². The van der Waals surface area contributed by atoms with Gasteiger partial charge in [0.05, 0.1) is 53.8 Å². The molecule has 0 saturated carbocycles. The van der Waals surface area contributed by atoms with Crippen molar-refractivity contribution in [3.05, 3.63) is 101 Å². The lowest BCUT2D eigenvalue weighted by Crippen LogP contribution is -2.43. The summed E-state index contributed by atoms with van der Waals surface area (Å²) < 4.78 is 17.6. The molecular weight excluding hydrogens is 1050 g/mol. The minimum atomic E-state index is -1.31. The SMILES string of the molecule is CC(=O)c1nn(CC(=O)N2C[C@H](F)C[C@H]2C(=O)Cc2cccc(Br)n2)c2cnc(-c3cnc(C)nc3)cc12.CC(=O)c1nn(CC(=O)O)c2cnc(-c3cnc(C)nc3)cc12.S=S=S=S=S=S. The Kier molecular flexibility index (Phi) is 17.6. The maximum absolute atomic E-state index is 14.4. The lowest BCUT2D eigenvalue weighted by atomic mass is 10.0. The molecule has 1 aliphatic heterocycles. The highest BCUT2D eigenvalue weighted by Gasteiger charge is 2.40. The zero-order valence-electron chi connectivity index (χ0n) is 35.6. The first-order valence-corrected chi connectivity index (χ1v) is 27.1. The Morgan fingerprint density at radius 2 is 1.25 bits per heavy atom. The van der Waals surface area contributed by atoms with E-state index in [1.807, 2.05) is 0 Å². The number of carbonyl (C=O) groups excluding carboxylic acids is 4. The summed E-state index contributed by atoms with van der Waals surface area (Å²) in [4.78, 5) is 92.3. The van der Waals surface area contributed by atoms with Crippen molar-refractivity contribution in [2.24, 2.45) is 0 Å². The number of carboxylic acids is 1. The Bertz CT molecular complexity index is 3210. The fraction of sp³-hybridized carbons (Fsp3) is 0.268. The van der Waals surface area contributed by atoms with Crippen LogP contribution in [0.1, 0.15) is 58.6 Å². The Morgan fingerprint density at radius 3 is 1.70 bits per heavy atom. The van der Waals surface area contributed by atoms with E-state index in [-0.39, 0.29) is 61.2 Å². The summed E-state index contributed by atoms with van der Waals surface area (Å²) in [5.74, 6) is -1.05. The lowest BCUT2D eigenvalue weighted by Gasteiger charge is -2.23. The third-order valence-corrected chi connectivity index (χ3v) is 16.9. The van der Waals surface area contributed by atoms with Crippen molar-refractivity contribution in [1.82, 2.24) is 59.3 Å². The minimum absolute atomic E-state index is 0.0186. The van der Waals surface area contributed by atoms with Crippen molar-refractivity contribution in [2.45, 2.75) is 65.8 Å². The standard InChI is InChI=1S/C26H23BrFN7O3.C15H13N5O3.S6/c1-14(36)26-19-8-20(16-9-29-15(2)30-10-16)31-11-22(19)35(33-26)13-25(38)34-12-17(28)6-21(34)23(37)7-18-4-3-5-24(27)32-18;1-8(21)15-11-3-12(10-4-16-9(2)17-5-10)18-6-13(11)20(19-15)7-14(22)23;1-3-5-6-4-2/h3-5,8-11,17,21H,6-7,12-13H2,1-2H3;3-6H,7H2,1-2H3,(H,22,23);/t17-,21+;;/m1../s1. The number of rotatable bonds is 11. The van der Waals surface area contributed by atoms with E-state index in [2.05, 4.69) is 83.4 Å². The number of pyridine rings is 3. The second kappa shape index (κ2) is 23.3. The van der Waals surface area contributed by atoms with Gasteiger partial charge in [-0.1, -0.05) is 6.07 Å². The number of alkyl halides is 1. The molecular formula is C41H36BrFN12O6S6. The second-order valence-electron chi connectivity index (χ2n) is 14.5. The molecule has 0 aliphatic carbocycles. The number of ketones is 3. The van der Waals surface area contributed by atoms with Crippen LogP contribution >= 0.6 is 15.9 Å². The molecule has 1 aliphatic rings. The quantitative estimate of drug-likeness (QED) is 0.136. The number of likely N-dealkylation sites (tertiary alicyclic amines) is 1. The molecule has 1 fully saturated rings. The lowest BCUT2D eigenvalue weighted by molar-refractivity contribution is -0.138. The molecule has 1 saturated heterocycles. The Balaban J connectivity index is 0.000000216. The molecule has 0 unspecified atom stereocenters. The van der Waals surface area contributed by atoms with Gasteiger partial charge in [0.2, 0.25) is 5.91 Å². The number of fused-ring (bicyclic) bond motifs is 2. The normalized spacial score (nSPS) is 14.0. The van der Waals surface area contributed by atoms with Crippen LogP contribution in [0, 0.1) is 13.8 Å². The van der Waals surface area contributed by atoms with Gasteiger partial charge in [-0.05, 0) is 54.0 Å². The van der Waals surface area contributed by atoms with E-state index in [4.69, 9.17) is 5.11 Å². The van der Waals surface area contributed by atoms with Crippen molar-refractivity contribution in [1.29, 1.82) is 0 Å². The molecule has 7 aromatic rings. The van der Waals surface area contributed by atoms with E-state index in [1.54, 1.807) is 69.0 Å². The predicted molar refractivity (Wildman–Crippen MR) is 264 cm³/mol. The first kappa shape index (κ1) is 50.6. The van der Waals surface area contributed by atoms with E-state index in [9.17, 15) is 28.4 Å². The van der Waals surface area contributed by atoms with Crippen molar-refractivity contribution in [2.75, 3.05) is 6.54 Å². The van der Waals surface area contributed by atoms with Crippen LogP contribution < -0.4 is 0 Å². The van der Waals surface area contributed by atoms with E-state index < -0.39 is 24.1 Å². The summed E-state index contributed by atoms with van der Waals surface area (Å²) in [7, 11) is 5.63. The van der Waals surface area contributed by atoms with Crippen LogP contribution in [-0.2, 0) is 91.8 Å². The number of hydrogen-bond acceptors (Lipinski definition) is 16. The molecule has 1 amide bonds. The Labute approximate surface area is 410 Å². The molecule has 26 heteroatoms. The van der Waals surface area contributed by atoms with Crippen molar-refractivity contribution >= 4 is 125 Å². The van der Waals surface area contributed by atoms with Crippen LogP contribution in [0.15, 0.2) is 72.1 Å². The van der Waals surface area contributed by atoms with Crippen LogP contribution in [0.5, 0.6) is 0 Å². The molecule has 0 bridgehead atoms. The molecule has 7 aromatic heterocycles. The fourth-order valence-electron chi connectivity index (χ4n) is 6.85. The molecule has 346 valence electrons. The Morgan fingerprint density at radius 1 is 0.761 bits per heavy atom. The highest BCUT2D eigenvalue weighted by Crippen LogP contribution is 2.28. The van der Waals surface area contributed by atoms with Gasteiger partial charge in [0.15, 0.2) is 17.3 Å². The second-order valence-corrected chi connectivity index (χ2v) is 22.4. The average Bonchev–Trinajstić information content (AvgIpc) is 3.99.